The van der Waals surface area contributed by atoms with Crippen molar-refractivity contribution in [1.29, 1.82) is 0 Å². The van der Waals surface area contributed by atoms with E-state index < -0.39 is 76.5 Å². The number of halogens is 14. The minimum atomic E-state index is -4.40. The summed E-state index contributed by atoms with van der Waals surface area (Å²) in [5, 5.41) is 1.33. The number of fused-ring (bicyclic) bond motifs is 4. The largest absolute Gasteiger partial charge is 0.497 e. The SMILES string of the molecule is COc1ccc(S(=O)(=O)n2cc(C(F)F)c3c(N4CCCCC4)cc(Cl)cc32)cc1.Cc1ccccc1S(=O)(=O)n1cc(C(F)F)c2c(N3CCCCC3)cc(Br)cc21.O=S(=O)(c1ccccc1Cl)n1cc(C(F)F)c2c(N3CCCCC3)cc(Br)cc21.O=S(=O)(c1ccccc1F)n1cc(C(F)F)c2c(N3CCCCC3)cc(Br)cc21. The lowest BCUT2D eigenvalue weighted by Gasteiger charge is -2.30. The molecule has 4 aliphatic heterocycles. The van der Waals surface area contributed by atoms with Gasteiger partial charge in [0.25, 0.3) is 65.8 Å². The number of rotatable bonds is 17. The molecule has 0 atom stereocenters. The van der Waals surface area contributed by atoms with Gasteiger partial charge in [-0.05, 0) is 193 Å². The van der Waals surface area contributed by atoms with Crippen LogP contribution >= 0.6 is 71.0 Å². The predicted molar refractivity (Wildman–Crippen MR) is 452 cm³/mol. The maximum Gasteiger partial charge on any atom is 0.271 e. The maximum absolute atomic E-state index is 14.2. The number of piperidine rings is 4. The molecule has 0 unspecified atom stereocenters. The highest BCUT2D eigenvalue weighted by molar-refractivity contribution is 9.11. The summed E-state index contributed by atoms with van der Waals surface area (Å²) in [4.78, 5) is 7.53. The molecule has 4 fully saturated rings. The van der Waals surface area contributed by atoms with Crippen molar-refractivity contribution in [2.24, 2.45) is 0 Å². The quantitative estimate of drug-likeness (QED) is 0.0787. The van der Waals surface area contributed by atoms with Crippen molar-refractivity contribution in [3.8, 4) is 5.75 Å². The van der Waals surface area contributed by atoms with E-state index in [1.807, 2.05) is 15.9 Å². The van der Waals surface area contributed by atoms with Crippen molar-refractivity contribution in [3.05, 3.63) is 227 Å². The van der Waals surface area contributed by atoms with Crippen LogP contribution in [0.2, 0.25) is 10.0 Å². The van der Waals surface area contributed by atoms with Crippen LogP contribution in [-0.2, 0) is 40.1 Å². The van der Waals surface area contributed by atoms with E-state index in [2.05, 4.69) is 57.6 Å². The Morgan fingerprint density at radius 1 is 0.359 bits per heavy atom. The van der Waals surface area contributed by atoms with Gasteiger partial charge in [-0.1, -0.05) is 113 Å². The van der Waals surface area contributed by atoms with Crippen molar-refractivity contribution in [1.82, 2.24) is 15.9 Å². The van der Waals surface area contributed by atoms with Gasteiger partial charge in [-0.3, -0.25) is 0 Å². The van der Waals surface area contributed by atoms with Gasteiger partial charge in [-0.2, -0.15) is 0 Å². The second-order valence-electron chi connectivity index (χ2n) is 28.5. The molecule has 12 aromatic rings. The van der Waals surface area contributed by atoms with Crippen LogP contribution in [0.25, 0.3) is 43.6 Å². The number of aryl methyl sites for hydroxylation is 1. The van der Waals surface area contributed by atoms with E-state index in [4.69, 9.17) is 27.9 Å². The molecular formula is C82H78Br3Cl2F9N8O9S4. The second-order valence-corrected chi connectivity index (χ2v) is 39.3. The predicted octanol–water partition coefficient (Wildman–Crippen LogP) is 23.3. The average molecular weight is 1930 g/mol. The highest BCUT2D eigenvalue weighted by Gasteiger charge is 2.35. The van der Waals surface area contributed by atoms with E-state index in [0.717, 1.165) is 156 Å². The van der Waals surface area contributed by atoms with E-state index in [1.54, 1.807) is 67.6 Å². The Morgan fingerprint density at radius 2 is 0.658 bits per heavy atom. The van der Waals surface area contributed by atoms with Gasteiger partial charge in [0.05, 0.1) is 44.0 Å². The number of ether oxygens (including phenoxy) is 1. The van der Waals surface area contributed by atoms with Crippen LogP contribution in [0.5, 0.6) is 5.75 Å². The monoisotopic (exact) mass is 1920 g/mol. The van der Waals surface area contributed by atoms with E-state index in [0.29, 0.717) is 84.1 Å². The van der Waals surface area contributed by atoms with E-state index in [1.165, 1.54) is 73.8 Å². The zero-order valence-corrected chi connectivity index (χ0v) is 72.3. The van der Waals surface area contributed by atoms with E-state index >= 15 is 0 Å². The fourth-order valence-electron chi connectivity index (χ4n) is 15.6. The van der Waals surface area contributed by atoms with Crippen molar-refractivity contribution < 1.29 is 77.9 Å². The third-order valence-corrected chi connectivity index (χ3v) is 30.1. The Morgan fingerprint density at radius 3 is 1.00 bits per heavy atom. The Hall–Kier alpha value is -7.89. The summed E-state index contributed by atoms with van der Waals surface area (Å²) in [6.07, 6.45) is 4.75. The first kappa shape index (κ1) is 86.9. The van der Waals surface area contributed by atoms with Crippen LogP contribution in [0.1, 0.15) is 131 Å². The summed E-state index contributed by atoms with van der Waals surface area (Å²) in [6, 6.07) is 36.3. The number of hydrogen-bond donors (Lipinski definition) is 0. The van der Waals surface area contributed by atoms with Gasteiger partial charge in [-0.15, -0.1) is 0 Å². The zero-order valence-electron chi connectivity index (χ0n) is 62.8. The highest BCUT2D eigenvalue weighted by atomic mass is 79.9. The number of anilines is 4. The molecule has 117 heavy (non-hydrogen) atoms. The first-order valence-electron chi connectivity index (χ1n) is 37.5. The Kier molecular flexibility index (Phi) is 26.9. The van der Waals surface area contributed by atoms with Crippen LogP contribution in [-0.4, -0.2) is 109 Å². The Labute approximate surface area is 707 Å². The van der Waals surface area contributed by atoms with Gasteiger partial charge in [0.2, 0.25) is 0 Å². The fraction of sp³-hybridized carbons (Fsp3) is 0.317. The van der Waals surface area contributed by atoms with Gasteiger partial charge >= 0.3 is 0 Å². The maximum atomic E-state index is 14.2. The fourth-order valence-corrected chi connectivity index (χ4v) is 23.3. The first-order valence-corrected chi connectivity index (χ1v) is 46.4. The molecular weight excluding hydrogens is 1850 g/mol. The van der Waals surface area contributed by atoms with Crippen molar-refractivity contribution in [2.75, 3.05) is 79.1 Å². The van der Waals surface area contributed by atoms with Crippen molar-refractivity contribution in [3.63, 3.8) is 0 Å². The van der Waals surface area contributed by atoms with Gasteiger partial charge in [-0.25, -0.2) is 89.1 Å². The van der Waals surface area contributed by atoms with Crippen LogP contribution in [0.3, 0.4) is 0 Å². The summed E-state index contributed by atoms with van der Waals surface area (Å²) in [7, 11) is -15.2. The normalized spacial score (nSPS) is 15.4. The summed E-state index contributed by atoms with van der Waals surface area (Å²) < 4.78 is 243. The van der Waals surface area contributed by atoms with Gasteiger partial charge < -0.3 is 24.3 Å². The molecule has 0 radical (unpaired) electrons. The Bertz CT molecular complexity index is 5740. The number of aromatic nitrogens is 4. The number of hydrogen-bond acceptors (Lipinski definition) is 13. The molecule has 0 aliphatic carbocycles. The smallest absolute Gasteiger partial charge is 0.271 e. The molecule has 0 saturated carbocycles. The number of alkyl halides is 8. The molecule has 0 N–H and O–H groups in total. The highest BCUT2D eigenvalue weighted by Crippen LogP contribution is 2.47. The lowest BCUT2D eigenvalue weighted by molar-refractivity contribution is 0.152. The molecule has 4 saturated heterocycles. The summed E-state index contributed by atoms with van der Waals surface area (Å²) in [6.45, 7) is 7.57. The minimum absolute atomic E-state index is 0.0273. The zero-order chi connectivity index (χ0) is 83.7. The van der Waals surface area contributed by atoms with Crippen molar-refractivity contribution >= 4 is 177 Å². The number of methoxy groups -OCH3 is 1. The number of benzene rings is 8. The lowest BCUT2D eigenvalue weighted by atomic mass is 10.1. The van der Waals surface area contributed by atoms with Crippen LogP contribution in [0.15, 0.2) is 203 Å². The molecule has 17 nitrogen and oxygen atoms in total. The minimum Gasteiger partial charge on any atom is -0.497 e. The average Bonchev–Trinajstić information content (AvgIpc) is 1.60. The van der Waals surface area contributed by atoms with E-state index in [9.17, 15) is 73.2 Å². The summed E-state index contributed by atoms with van der Waals surface area (Å²) >= 11 is 22.6. The van der Waals surface area contributed by atoms with Crippen LogP contribution in [0, 0.1) is 12.7 Å². The number of nitrogens with zero attached hydrogens (tertiary/aromatic N) is 8. The third kappa shape index (κ3) is 17.9. The van der Waals surface area contributed by atoms with Crippen LogP contribution in [0.4, 0.5) is 62.3 Å². The molecule has 16 rings (SSSR count). The standard InChI is InChI=1S/C21H21BrF2N2O2S.C21H21ClF2N2O3S.C20H18BrClF2N2O2S.C20H18BrF3N2O2S/c1-14-7-3-4-8-19(14)29(27,28)26-13-16(21(23)24)20-17(11-15(22)12-18(20)26)25-9-5-2-6-10-25;1-29-15-5-7-16(8-6-15)30(27,28)26-13-17(21(23)24)20-18(11-14(22)12-19(20)26)25-9-3-2-4-10-25;2*21-13-10-16(25-8-4-1-5-9-25)19-14(20(23)24)12-26(17(19)11-13)29(27,28)18-7-3-2-6-15(18)22/h3-4,7-8,11-13,21H,2,5-6,9-10H2,1H3;5-8,11-13,21H,2-4,9-10H2,1H3;2*2-3,6-7,10-12,20H,1,4-5,8-9H2. The third-order valence-electron chi connectivity index (χ3n) is 21.1. The molecule has 0 spiro atoms. The summed E-state index contributed by atoms with van der Waals surface area (Å²) in [5.74, 6) is -0.436. The molecule has 622 valence electrons. The second kappa shape index (κ2) is 36.2. The molecule has 4 aliphatic rings. The molecule has 35 heteroatoms. The lowest BCUT2D eigenvalue weighted by Crippen LogP contribution is -2.29. The molecule has 0 bridgehead atoms. The summed E-state index contributed by atoms with van der Waals surface area (Å²) in [5.41, 5.74) is 2.41. The van der Waals surface area contributed by atoms with Gasteiger partial charge in [0.1, 0.15) is 21.4 Å². The first-order chi connectivity index (χ1) is 55.7. The topological polar surface area (TPSA) is 178 Å². The van der Waals surface area contributed by atoms with Crippen LogP contribution < -0.4 is 24.3 Å². The Balaban J connectivity index is 0.000000135. The van der Waals surface area contributed by atoms with Gasteiger partial charge in [0, 0.05) is 162 Å². The molecule has 8 aromatic carbocycles. The molecule has 4 aromatic heterocycles. The van der Waals surface area contributed by atoms with Crippen molar-refractivity contribution in [2.45, 2.75) is 129 Å². The van der Waals surface area contributed by atoms with E-state index in [-0.39, 0.29) is 80.2 Å². The molecule has 8 heterocycles. The van der Waals surface area contributed by atoms with Gasteiger partial charge in [0.15, 0.2) is 0 Å². The molecule has 0 amide bonds.